The van der Waals surface area contributed by atoms with Crippen LogP contribution in [-0.2, 0) is 4.79 Å². The first-order valence-corrected chi connectivity index (χ1v) is 8.49. The van der Waals surface area contributed by atoms with Crippen molar-refractivity contribution in [1.82, 2.24) is 9.80 Å². The van der Waals surface area contributed by atoms with Crippen LogP contribution in [0.15, 0.2) is 12.2 Å². The second kappa shape index (κ2) is 6.30. The molecule has 2 saturated heterocycles. The molecule has 3 aliphatic rings. The van der Waals surface area contributed by atoms with Crippen LogP contribution in [0.1, 0.15) is 51.9 Å². The zero-order valence-electron chi connectivity index (χ0n) is 12.8. The molecule has 3 nitrogen and oxygen atoms in total. The Morgan fingerprint density at radius 2 is 1.95 bits per heavy atom. The normalized spacial score (nSPS) is 34.2. The Bertz CT molecular complexity index is 379. The van der Waals surface area contributed by atoms with Crippen molar-refractivity contribution in [2.24, 2.45) is 5.92 Å². The predicted molar refractivity (Wildman–Crippen MR) is 81.5 cm³/mol. The third-order valence-corrected chi connectivity index (χ3v) is 5.43. The van der Waals surface area contributed by atoms with Crippen LogP contribution in [0.3, 0.4) is 0 Å². The number of amides is 1. The van der Waals surface area contributed by atoms with Crippen molar-refractivity contribution < 1.29 is 4.79 Å². The van der Waals surface area contributed by atoms with Crippen molar-refractivity contribution in [2.45, 2.75) is 64.0 Å². The van der Waals surface area contributed by atoms with Crippen molar-refractivity contribution in [3.05, 3.63) is 12.2 Å². The maximum absolute atomic E-state index is 12.6. The van der Waals surface area contributed by atoms with Crippen molar-refractivity contribution in [1.29, 1.82) is 0 Å². The molecule has 0 unspecified atom stereocenters. The summed E-state index contributed by atoms with van der Waals surface area (Å²) in [4.78, 5) is 17.5. The van der Waals surface area contributed by atoms with E-state index in [1.807, 2.05) is 0 Å². The highest BCUT2D eigenvalue weighted by atomic mass is 16.2. The van der Waals surface area contributed by atoms with E-state index in [-0.39, 0.29) is 0 Å². The number of carbonyl (C=O) groups excluding carboxylic acids is 1. The van der Waals surface area contributed by atoms with Gasteiger partial charge in [0.2, 0.25) is 5.91 Å². The molecule has 0 spiro atoms. The topological polar surface area (TPSA) is 23.6 Å². The van der Waals surface area contributed by atoms with Crippen molar-refractivity contribution in [3.63, 3.8) is 0 Å². The number of hydrogen-bond donors (Lipinski definition) is 0. The van der Waals surface area contributed by atoms with E-state index < -0.39 is 0 Å². The third kappa shape index (κ3) is 2.78. The minimum atomic E-state index is 0.409. The first-order chi connectivity index (χ1) is 9.79. The van der Waals surface area contributed by atoms with Gasteiger partial charge in [-0.1, -0.05) is 19.1 Å². The summed E-state index contributed by atoms with van der Waals surface area (Å²) in [5, 5.41) is 0. The zero-order valence-corrected chi connectivity index (χ0v) is 12.8. The molecule has 2 aliphatic heterocycles. The summed E-state index contributed by atoms with van der Waals surface area (Å²) >= 11 is 0. The molecule has 112 valence electrons. The van der Waals surface area contributed by atoms with Crippen LogP contribution in [0.5, 0.6) is 0 Å². The van der Waals surface area contributed by atoms with Crippen molar-refractivity contribution in [2.75, 3.05) is 19.6 Å². The van der Waals surface area contributed by atoms with Crippen molar-refractivity contribution >= 4 is 5.91 Å². The highest BCUT2D eigenvalue weighted by molar-refractivity contribution is 5.77. The van der Waals surface area contributed by atoms with E-state index in [0.29, 0.717) is 23.9 Å². The fourth-order valence-electron chi connectivity index (χ4n) is 4.39. The Labute approximate surface area is 123 Å². The van der Waals surface area contributed by atoms with Gasteiger partial charge in [-0.2, -0.15) is 0 Å². The van der Waals surface area contributed by atoms with E-state index in [9.17, 15) is 4.79 Å². The van der Waals surface area contributed by atoms with Gasteiger partial charge in [0.25, 0.3) is 0 Å². The highest BCUT2D eigenvalue weighted by Gasteiger charge is 2.39. The molecule has 1 amide bonds. The first-order valence-electron chi connectivity index (χ1n) is 8.49. The minimum absolute atomic E-state index is 0.409. The molecule has 0 aromatic heterocycles. The summed E-state index contributed by atoms with van der Waals surface area (Å²) in [6, 6.07) is 1.13. The Morgan fingerprint density at radius 3 is 2.70 bits per heavy atom. The van der Waals surface area contributed by atoms with Crippen LogP contribution in [-0.4, -0.2) is 47.4 Å². The second-order valence-electron chi connectivity index (χ2n) is 6.60. The van der Waals surface area contributed by atoms with E-state index in [4.69, 9.17) is 0 Å². The van der Waals surface area contributed by atoms with Crippen LogP contribution in [0.25, 0.3) is 0 Å². The molecule has 20 heavy (non-hydrogen) atoms. The molecule has 3 atom stereocenters. The monoisotopic (exact) mass is 276 g/mol. The average molecular weight is 276 g/mol. The van der Waals surface area contributed by atoms with Gasteiger partial charge >= 0.3 is 0 Å². The largest absolute Gasteiger partial charge is 0.338 e. The summed E-state index contributed by atoms with van der Waals surface area (Å²) in [5.41, 5.74) is 0. The Kier molecular flexibility index (Phi) is 4.45. The van der Waals surface area contributed by atoms with E-state index in [1.54, 1.807) is 0 Å². The van der Waals surface area contributed by atoms with Crippen LogP contribution in [0.4, 0.5) is 0 Å². The fourth-order valence-corrected chi connectivity index (χ4v) is 4.39. The Balaban J connectivity index is 1.62. The second-order valence-corrected chi connectivity index (χ2v) is 6.60. The molecular weight excluding hydrogens is 248 g/mol. The molecule has 1 aliphatic carbocycles. The van der Waals surface area contributed by atoms with E-state index >= 15 is 0 Å². The summed E-state index contributed by atoms with van der Waals surface area (Å²) in [6.45, 7) is 5.61. The van der Waals surface area contributed by atoms with Crippen LogP contribution < -0.4 is 0 Å². The van der Waals surface area contributed by atoms with Gasteiger partial charge < -0.3 is 4.90 Å². The fraction of sp³-hybridized carbons (Fsp3) is 0.824. The molecule has 3 rings (SSSR count). The Morgan fingerprint density at radius 1 is 1.15 bits per heavy atom. The zero-order chi connectivity index (χ0) is 13.9. The number of likely N-dealkylation sites (tertiary alicyclic amines) is 2. The lowest BCUT2D eigenvalue weighted by atomic mass is 10.0. The van der Waals surface area contributed by atoms with Crippen LogP contribution >= 0.6 is 0 Å². The lowest BCUT2D eigenvalue weighted by Gasteiger charge is -2.35. The highest BCUT2D eigenvalue weighted by Crippen LogP contribution is 2.31. The summed E-state index contributed by atoms with van der Waals surface area (Å²) in [5.74, 6) is 0.918. The van der Waals surface area contributed by atoms with Gasteiger partial charge in [-0.05, 0) is 57.5 Å². The van der Waals surface area contributed by atoms with Crippen molar-refractivity contribution in [3.8, 4) is 0 Å². The smallest absolute Gasteiger partial charge is 0.223 e. The molecular formula is C17H28N2O. The lowest BCUT2D eigenvalue weighted by Crippen LogP contribution is -2.48. The average Bonchev–Trinajstić information content (AvgIpc) is 3.18. The van der Waals surface area contributed by atoms with E-state index in [0.717, 1.165) is 25.9 Å². The first kappa shape index (κ1) is 14.1. The third-order valence-electron chi connectivity index (χ3n) is 5.43. The molecule has 0 radical (unpaired) electrons. The molecule has 3 heteroatoms. The number of likely N-dealkylation sites (N-methyl/N-ethyl adjacent to an activating group) is 1. The molecule has 0 saturated carbocycles. The SMILES string of the molecule is CCN1CCC[C@@H]1[C@@H]1CCCN1C(=O)C[C@H]1C=CCC1. The summed E-state index contributed by atoms with van der Waals surface area (Å²) in [6.07, 6.45) is 12.6. The van der Waals surface area contributed by atoms with Crippen LogP contribution in [0, 0.1) is 5.92 Å². The van der Waals surface area contributed by atoms with Gasteiger partial charge in [-0.15, -0.1) is 0 Å². The molecule has 0 bridgehead atoms. The standard InChI is InChI=1S/C17H28N2O/c1-2-18-11-5-9-15(18)16-10-6-12-19(16)17(20)13-14-7-3-4-8-14/h3,7,14-16H,2,4-6,8-13H2,1H3/t14-,15+,16-/m0/s1. The maximum atomic E-state index is 12.6. The van der Waals surface area contributed by atoms with E-state index in [1.165, 1.54) is 38.6 Å². The molecule has 0 aromatic carbocycles. The quantitative estimate of drug-likeness (QED) is 0.737. The van der Waals surface area contributed by atoms with Crippen LogP contribution in [0.2, 0.25) is 0 Å². The predicted octanol–water partition coefficient (Wildman–Crippen LogP) is 2.82. The maximum Gasteiger partial charge on any atom is 0.223 e. The number of rotatable bonds is 4. The summed E-state index contributed by atoms with van der Waals surface area (Å²) < 4.78 is 0. The minimum Gasteiger partial charge on any atom is -0.338 e. The van der Waals surface area contributed by atoms with Gasteiger partial charge in [-0.25, -0.2) is 0 Å². The number of hydrogen-bond acceptors (Lipinski definition) is 2. The van der Waals surface area contributed by atoms with E-state index in [2.05, 4.69) is 28.9 Å². The lowest BCUT2D eigenvalue weighted by molar-refractivity contribution is -0.133. The van der Waals surface area contributed by atoms with Gasteiger partial charge in [-0.3, -0.25) is 9.69 Å². The number of allylic oxidation sites excluding steroid dienone is 2. The number of nitrogens with zero attached hydrogens (tertiary/aromatic N) is 2. The summed E-state index contributed by atoms with van der Waals surface area (Å²) in [7, 11) is 0. The van der Waals surface area contributed by atoms with Gasteiger partial charge in [0, 0.05) is 25.0 Å². The molecule has 2 heterocycles. The van der Waals surface area contributed by atoms with Gasteiger partial charge in [0.15, 0.2) is 0 Å². The Hall–Kier alpha value is -0.830. The number of carbonyl (C=O) groups is 1. The molecule has 0 N–H and O–H groups in total. The van der Waals surface area contributed by atoms with Gasteiger partial charge in [0.05, 0.1) is 0 Å². The molecule has 2 fully saturated rings. The van der Waals surface area contributed by atoms with Gasteiger partial charge in [0.1, 0.15) is 0 Å². The molecule has 0 aromatic rings.